The minimum absolute atomic E-state index is 0.0311. The van der Waals surface area contributed by atoms with E-state index in [-0.39, 0.29) is 56.4 Å². The molecule has 0 fully saturated rings. The number of ether oxygens (including phenoxy) is 3. The Hall–Kier alpha value is -5.52. The molecule has 0 radical (unpaired) electrons. The molecular weight excluding hydrogens is 624 g/mol. The van der Waals surface area contributed by atoms with E-state index in [1.165, 1.54) is 0 Å². The van der Waals surface area contributed by atoms with E-state index < -0.39 is 17.9 Å². The van der Waals surface area contributed by atoms with Gasteiger partial charge in [0, 0.05) is 0 Å². The van der Waals surface area contributed by atoms with Crippen LogP contribution in [-0.4, -0.2) is 71.0 Å². The Balaban J connectivity index is 0.000000363. The molecule has 0 amide bonds. The number of esters is 3. The van der Waals surface area contributed by atoms with Gasteiger partial charge >= 0.3 is 35.8 Å². The van der Waals surface area contributed by atoms with Gasteiger partial charge in [0.05, 0.1) is 58.3 Å². The quantitative estimate of drug-likeness (QED) is 0.155. The molecule has 3 aromatic rings. The van der Waals surface area contributed by atoms with Gasteiger partial charge in [0.1, 0.15) is 0 Å². The molecule has 0 spiro atoms. The highest BCUT2D eigenvalue weighted by molar-refractivity contribution is 5.75. The van der Waals surface area contributed by atoms with Crippen LogP contribution in [0.1, 0.15) is 54.2 Å². The molecule has 0 heterocycles. The first-order chi connectivity index (χ1) is 22.8. The highest BCUT2D eigenvalue weighted by Crippen LogP contribution is 2.10. The van der Waals surface area contributed by atoms with Crippen molar-refractivity contribution in [3.05, 3.63) is 106 Å². The fourth-order valence-corrected chi connectivity index (χ4v) is 4.21. The van der Waals surface area contributed by atoms with Gasteiger partial charge in [-0.1, -0.05) is 72.8 Å². The summed E-state index contributed by atoms with van der Waals surface area (Å²) in [5.41, 5.74) is 4.39. The number of rotatable bonds is 15. The van der Waals surface area contributed by atoms with Crippen LogP contribution in [-0.2, 0) is 81.5 Å². The minimum Gasteiger partial charge on any atom is -0.481 e. The van der Waals surface area contributed by atoms with Crippen molar-refractivity contribution in [3.8, 4) is 0 Å². The maximum Gasteiger partial charge on any atom is 0.310 e. The van der Waals surface area contributed by atoms with Gasteiger partial charge in [0.25, 0.3) is 0 Å². The van der Waals surface area contributed by atoms with E-state index in [1.54, 1.807) is 69.3 Å². The molecule has 48 heavy (non-hydrogen) atoms. The molecule has 0 aliphatic rings. The monoisotopic (exact) mass is 666 g/mol. The van der Waals surface area contributed by atoms with Crippen LogP contribution in [0.15, 0.2) is 72.8 Å². The molecule has 0 bridgehead atoms. The van der Waals surface area contributed by atoms with Crippen molar-refractivity contribution >= 4 is 35.8 Å². The first-order valence-electron chi connectivity index (χ1n) is 15.2. The van der Waals surface area contributed by atoms with Crippen molar-refractivity contribution in [1.82, 2.24) is 0 Å². The molecule has 0 unspecified atom stereocenters. The van der Waals surface area contributed by atoms with Gasteiger partial charge in [-0.2, -0.15) is 0 Å². The van der Waals surface area contributed by atoms with E-state index in [9.17, 15) is 28.8 Å². The third-order valence-corrected chi connectivity index (χ3v) is 6.00. The van der Waals surface area contributed by atoms with Gasteiger partial charge < -0.3 is 29.5 Å². The molecule has 0 saturated heterocycles. The lowest BCUT2D eigenvalue weighted by molar-refractivity contribution is -0.143. The first-order valence-corrected chi connectivity index (χ1v) is 15.2. The summed E-state index contributed by atoms with van der Waals surface area (Å²) in [5.74, 6) is -3.53. The standard InChI is InChI=1S/C14H18O4.C12H14O4.C10H10O4/c1-3-17-13(15)9-11-6-5-7-12(8-11)10-14(16)18-4-2;1-2-16-12(15)8-10-5-3-4-9(6-10)7-11(13)14;11-9(12)5-7-2-1-3-8(4-7)6-10(13)14/h5-8H,3-4,9-10H2,1-2H3;3-6H,2,7-8H2,1H3,(H,13,14);1-4H,5-6H2,(H,11,12)(H,13,14). The Bertz CT molecular complexity index is 1450. The van der Waals surface area contributed by atoms with Gasteiger partial charge in [0.2, 0.25) is 0 Å². The SMILES string of the molecule is CCOC(=O)Cc1cccc(CC(=O)O)c1.CCOC(=O)Cc1cccc(CC(=O)OCC)c1.O=C(O)Cc1cccc(CC(=O)O)c1. The van der Waals surface area contributed by atoms with Crippen LogP contribution >= 0.6 is 0 Å². The first kappa shape index (κ1) is 40.5. The van der Waals surface area contributed by atoms with Crippen molar-refractivity contribution in [3.63, 3.8) is 0 Å². The molecular formula is C36H42O12. The maximum atomic E-state index is 11.3. The lowest BCUT2D eigenvalue weighted by Crippen LogP contribution is -2.09. The number of carboxylic acid groups (broad SMARTS) is 3. The average Bonchev–Trinajstić information content (AvgIpc) is 2.98. The van der Waals surface area contributed by atoms with Crippen LogP contribution in [0.4, 0.5) is 0 Å². The summed E-state index contributed by atoms with van der Waals surface area (Å²) >= 11 is 0. The molecule has 0 saturated carbocycles. The van der Waals surface area contributed by atoms with Gasteiger partial charge in [0.15, 0.2) is 0 Å². The van der Waals surface area contributed by atoms with Crippen molar-refractivity contribution < 1.29 is 58.3 Å². The second-order valence-electron chi connectivity index (χ2n) is 10.1. The van der Waals surface area contributed by atoms with E-state index in [0.29, 0.717) is 36.5 Å². The smallest absolute Gasteiger partial charge is 0.310 e. The largest absolute Gasteiger partial charge is 0.481 e. The number of benzene rings is 3. The topological polar surface area (TPSA) is 191 Å². The number of aliphatic carboxylic acids is 3. The predicted octanol–water partition coefficient (Wildman–Crippen LogP) is 4.26. The summed E-state index contributed by atoms with van der Waals surface area (Å²) in [6.45, 7) is 6.40. The number of carbonyl (C=O) groups excluding carboxylic acids is 3. The number of carbonyl (C=O) groups is 6. The molecule has 258 valence electrons. The van der Waals surface area contributed by atoms with Gasteiger partial charge in [-0.25, -0.2) is 0 Å². The van der Waals surface area contributed by atoms with E-state index in [4.69, 9.17) is 29.5 Å². The molecule has 12 nitrogen and oxygen atoms in total. The van der Waals surface area contributed by atoms with Crippen LogP contribution in [0, 0.1) is 0 Å². The fraction of sp³-hybridized carbons (Fsp3) is 0.333. The summed E-state index contributed by atoms with van der Waals surface area (Å²) in [4.78, 5) is 65.2. The number of hydrogen-bond donors (Lipinski definition) is 3. The van der Waals surface area contributed by atoms with Crippen molar-refractivity contribution in [2.24, 2.45) is 0 Å². The zero-order chi connectivity index (χ0) is 35.9. The van der Waals surface area contributed by atoms with E-state index in [0.717, 1.165) is 16.7 Å². The van der Waals surface area contributed by atoms with Crippen LogP contribution in [0.3, 0.4) is 0 Å². The molecule has 3 aromatic carbocycles. The van der Waals surface area contributed by atoms with Crippen molar-refractivity contribution in [2.75, 3.05) is 19.8 Å². The lowest BCUT2D eigenvalue weighted by Gasteiger charge is -2.05. The van der Waals surface area contributed by atoms with Gasteiger partial charge in [-0.3, -0.25) is 28.8 Å². The Labute approximate surface area is 279 Å². The lowest BCUT2D eigenvalue weighted by atomic mass is 10.1. The highest BCUT2D eigenvalue weighted by Gasteiger charge is 2.08. The second kappa shape index (κ2) is 22.9. The Morgan fingerprint density at radius 3 is 0.812 bits per heavy atom. The molecule has 3 N–H and O–H groups in total. The zero-order valence-electron chi connectivity index (χ0n) is 27.3. The van der Waals surface area contributed by atoms with Crippen molar-refractivity contribution in [1.29, 1.82) is 0 Å². The van der Waals surface area contributed by atoms with Crippen molar-refractivity contribution in [2.45, 2.75) is 59.3 Å². The minimum atomic E-state index is -0.919. The summed E-state index contributed by atoms with van der Waals surface area (Å²) in [5, 5.41) is 25.7. The number of carboxylic acids is 3. The van der Waals surface area contributed by atoms with Crippen LogP contribution in [0.5, 0.6) is 0 Å². The molecule has 0 atom stereocenters. The number of hydrogen-bond acceptors (Lipinski definition) is 9. The highest BCUT2D eigenvalue weighted by atomic mass is 16.5. The molecule has 12 heteroatoms. The summed E-state index contributed by atoms with van der Waals surface area (Å²) in [6.07, 6.45) is 0.452. The summed E-state index contributed by atoms with van der Waals surface area (Å²) in [6, 6.07) is 20.9. The third kappa shape index (κ3) is 19.1. The molecule has 0 aliphatic heterocycles. The van der Waals surface area contributed by atoms with Crippen LogP contribution < -0.4 is 0 Å². The Morgan fingerprint density at radius 2 is 0.625 bits per heavy atom. The van der Waals surface area contributed by atoms with Crippen LogP contribution in [0.25, 0.3) is 0 Å². The zero-order valence-corrected chi connectivity index (χ0v) is 27.3. The summed E-state index contributed by atoms with van der Waals surface area (Å²) in [7, 11) is 0. The maximum absolute atomic E-state index is 11.3. The predicted molar refractivity (Wildman–Crippen MR) is 174 cm³/mol. The fourth-order valence-electron chi connectivity index (χ4n) is 4.21. The molecule has 0 aromatic heterocycles. The van der Waals surface area contributed by atoms with E-state index in [1.807, 2.05) is 24.3 Å². The molecule has 3 rings (SSSR count). The van der Waals surface area contributed by atoms with Crippen LogP contribution in [0.2, 0.25) is 0 Å². The molecule has 0 aliphatic carbocycles. The third-order valence-electron chi connectivity index (χ3n) is 6.00. The normalized spacial score (nSPS) is 9.81. The van der Waals surface area contributed by atoms with Gasteiger partial charge in [-0.15, -0.1) is 0 Å². The summed E-state index contributed by atoms with van der Waals surface area (Å²) < 4.78 is 14.6. The van der Waals surface area contributed by atoms with E-state index >= 15 is 0 Å². The Kier molecular flexibility index (Phi) is 19.3. The Morgan fingerprint density at radius 1 is 0.417 bits per heavy atom. The van der Waals surface area contributed by atoms with E-state index in [2.05, 4.69) is 0 Å². The van der Waals surface area contributed by atoms with Gasteiger partial charge in [-0.05, 0) is 54.2 Å². The average molecular weight is 667 g/mol. The second-order valence-corrected chi connectivity index (χ2v) is 10.1.